The van der Waals surface area contributed by atoms with Crippen molar-refractivity contribution in [3.63, 3.8) is 0 Å². The van der Waals surface area contributed by atoms with Crippen LogP contribution in [0.15, 0.2) is 36.5 Å². The molecule has 5 atom stereocenters. The molecule has 0 aliphatic carbocycles. The van der Waals surface area contributed by atoms with Crippen molar-refractivity contribution in [2.45, 2.75) is 380 Å². The number of phosphoric ester groups is 2. The van der Waals surface area contributed by atoms with Crippen LogP contribution >= 0.6 is 15.6 Å². The summed E-state index contributed by atoms with van der Waals surface area (Å²) in [5.74, 6) is -2.16. The summed E-state index contributed by atoms with van der Waals surface area (Å²) in [4.78, 5) is 72.7. The van der Waals surface area contributed by atoms with Crippen molar-refractivity contribution in [3.8, 4) is 0 Å². The third-order valence-electron chi connectivity index (χ3n) is 16.6. The first-order valence-electron chi connectivity index (χ1n) is 38.2. The summed E-state index contributed by atoms with van der Waals surface area (Å²) in [6.45, 7) is 4.88. The number of aliphatic hydroxyl groups is 1. The number of ether oxygens (including phenoxy) is 4. The molecule has 0 aromatic heterocycles. The molecule has 5 unspecified atom stereocenters. The number of carbonyl (C=O) groups is 4. The van der Waals surface area contributed by atoms with Crippen LogP contribution in [0.3, 0.4) is 0 Å². The molecular formula is C75H140O17P2. The second-order valence-corrected chi connectivity index (χ2v) is 28.9. The van der Waals surface area contributed by atoms with Crippen LogP contribution in [-0.2, 0) is 65.4 Å². The monoisotopic (exact) mass is 1370 g/mol. The molecule has 0 saturated carbocycles. The van der Waals surface area contributed by atoms with Gasteiger partial charge in [0.15, 0.2) is 12.2 Å². The quantitative estimate of drug-likeness (QED) is 0.0169. The fourth-order valence-electron chi connectivity index (χ4n) is 10.7. The Hall–Kier alpha value is -2.72. The van der Waals surface area contributed by atoms with Gasteiger partial charge in [0.2, 0.25) is 0 Å². The van der Waals surface area contributed by atoms with E-state index in [1.165, 1.54) is 154 Å². The predicted molar refractivity (Wildman–Crippen MR) is 381 cm³/mol. The lowest BCUT2D eigenvalue weighted by Crippen LogP contribution is -2.30. The summed E-state index contributed by atoms with van der Waals surface area (Å²) >= 11 is 0. The van der Waals surface area contributed by atoms with Crippen molar-refractivity contribution < 1.29 is 80.2 Å². The number of hydrogen-bond acceptors (Lipinski definition) is 15. The van der Waals surface area contributed by atoms with E-state index in [0.29, 0.717) is 25.7 Å². The molecule has 0 spiro atoms. The van der Waals surface area contributed by atoms with Crippen molar-refractivity contribution in [2.24, 2.45) is 0 Å². The van der Waals surface area contributed by atoms with E-state index in [2.05, 4.69) is 64.2 Å². The van der Waals surface area contributed by atoms with Crippen molar-refractivity contribution in [1.82, 2.24) is 0 Å². The Morgan fingerprint density at radius 3 is 0.819 bits per heavy atom. The maximum absolute atomic E-state index is 13.1. The SMILES string of the molecule is CCCCC/C=C\C/C=C\CCCCCCCC(=O)OCC(COP(=O)(O)OCC(O)COP(=O)(O)OCC(COC(=O)CCCCCCCCCCCCCCC)OC(=O)CCCCCCCCCCCCC)OC(=O)CCCCCCC/C=C\CCCCCCCC. The first-order chi connectivity index (χ1) is 45.7. The van der Waals surface area contributed by atoms with Crippen LogP contribution in [0.2, 0.25) is 0 Å². The second-order valence-electron chi connectivity index (χ2n) is 26.0. The Labute approximate surface area is 573 Å². The van der Waals surface area contributed by atoms with Crippen LogP contribution in [0.1, 0.15) is 362 Å². The average Bonchev–Trinajstić information content (AvgIpc) is 1.36. The van der Waals surface area contributed by atoms with Crippen molar-refractivity contribution in [2.75, 3.05) is 39.6 Å². The van der Waals surface area contributed by atoms with Gasteiger partial charge in [-0.25, -0.2) is 9.13 Å². The molecule has 0 aliphatic heterocycles. The lowest BCUT2D eigenvalue weighted by atomic mass is 10.0. The summed E-state index contributed by atoms with van der Waals surface area (Å²) in [5, 5.41) is 10.6. The zero-order valence-electron chi connectivity index (χ0n) is 60.2. The predicted octanol–water partition coefficient (Wildman–Crippen LogP) is 21.6. The highest BCUT2D eigenvalue weighted by Crippen LogP contribution is 2.45. The van der Waals surface area contributed by atoms with Crippen LogP contribution < -0.4 is 0 Å². The largest absolute Gasteiger partial charge is 0.472 e. The third kappa shape index (κ3) is 67.8. The summed E-state index contributed by atoms with van der Waals surface area (Å²) in [6, 6.07) is 0. The van der Waals surface area contributed by atoms with E-state index < -0.39 is 97.5 Å². The number of rotatable bonds is 73. The van der Waals surface area contributed by atoms with Gasteiger partial charge in [-0.1, -0.05) is 289 Å². The zero-order chi connectivity index (χ0) is 69.0. The summed E-state index contributed by atoms with van der Waals surface area (Å²) in [7, 11) is -9.92. The van der Waals surface area contributed by atoms with Gasteiger partial charge in [-0.05, 0) is 83.5 Å². The minimum Gasteiger partial charge on any atom is -0.462 e. The molecule has 0 aromatic rings. The zero-order valence-corrected chi connectivity index (χ0v) is 61.9. The van der Waals surface area contributed by atoms with Gasteiger partial charge >= 0.3 is 39.5 Å². The van der Waals surface area contributed by atoms with E-state index in [1.807, 2.05) is 0 Å². The van der Waals surface area contributed by atoms with Gasteiger partial charge < -0.3 is 33.8 Å². The Kier molecular flexibility index (Phi) is 66.8. The van der Waals surface area contributed by atoms with Crippen molar-refractivity contribution >= 4 is 39.5 Å². The first kappa shape index (κ1) is 91.3. The Morgan fingerprint density at radius 1 is 0.298 bits per heavy atom. The van der Waals surface area contributed by atoms with Gasteiger partial charge in [-0.3, -0.25) is 37.3 Å². The molecule has 0 fully saturated rings. The van der Waals surface area contributed by atoms with Crippen molar-refractivity contribution in [1.29, 1.82) is 0 Å². The molecular weight excluding hydrogens is 1230 g/mol. The second kappa shape index (κ2) is 68.8. The molecule has 0 bridgehead atoms. The minimum absolute atomic E-state index is 0.0881. The number of allylic oxidation sites excluding steroid dienone is 6. The fraction of sp³-hybridized carbons (Fsp3) is 0.867. The lowest BCUT2D eigenvalue weighted by molar-refractivity contribution is -0.161. The average molecular weight is 1380 g/mol. The van der Waals surface area contributed by atoms with Crippen LogP contribution in [0.4, 0.5) is 0 Å². The molecule has 17 nitrogen and oxygen atoms in total. The number of unbranched alkanes of at least 4 members (excludes halogenated alkanes) is 41. The Balaban J connectivity index is 5.30. The molecule has 19 heteroatoms. The molecule has 94 heavy (non-hydrogen) atoms. The molecule has 0 aromatic carbocycles. The van der Waals surface area contributed by atoms with E-state index >= 15 is 0 Å². The maximum Gasteiger partial charge on any atom is 0.472 e. The van der Waals surface area contributed by atoms with Gasteiger partial charge in [0.05, 0.1) is 26.4 Å². The molecule has 0 aliphatic rings. The molecule has 0 amide bonds. The molecule has 3 N–H and O–H groups in total. The normalized spacial score (nSPS) is 14.2. The van der Waals surface area contributed by atoms with E-state index in [9.17, 15) is 43.2 Å². The highest BCUT2D eigenvalue weighted by Gasteiger charge is 2.30. The molecule has 552 valence electrons. The lowest BCUT2D eigenvalue weighted by Gasteiger charge is -2.21. The first-order valence-corrected chi connectivity index (χ1v) is 41.2. The number of phosphoric acid groups is 2. The van der Waals surface area contributed by atoms with Crippen LogP contribution in [0.5, 0.6) is 0 Å². The minimum atomic E-state index is -4.97. The van der Waals surface area contributed by atoms with Gasteiger partial charge in [0.1, 0.15) is 19.3 Å². The Morgan fingerprint density at radius 2 is 0.521 bits per heavy atom. The van der Waals surface area contributed by atoms with Gasteiger partial charge in [-0.2, -0.15) is 0 Å². The number of aliphatic hydroxyl groups excluding tert-OH is 1. The molecule has 0 radical (unpaired) electrons. The summed E-state index contributed by atoms with van der Waals surface area (Å²) in [6.07, 6.45) is 62.7. The number of esters is 4. The topological polar surface area (TPSA) is 237 Å². The van der Waals surface area contributed by atoms with E-state index in [1.54, 1.807) is 0 Å². The molecule has 0 heterocycles. The van der Waals surface area contributed by atoms with E-state index in [0.717, 1.165) is 128 Å². The number of carbonyl (C=O) groups excluding carboxylic acids is 4. The highest BCUT2D eigenvalue weighted by molar-refractivity contribution is 7.47. The molecule has 0 rings (SSSR count). The smallest absolute Gasteiger partial charge is 0.462 e. The third-order valence-corrected chi connectivity index (χ3v) is 18.5. The standard InChI is InChI=1S/C75H140O17P2/c1-5-9-13-17-21-25-29-32-34-37-41-44-48-52-56-60-73(78)86-66-71(92-75(80)62-58-54-50-46-42-38-35-33-30-26-22-18-14-10-6-2)68-90-94(83,84)88-64-69(76)63-87-93(81,82)89-67-70(91-74(79)61-57-53-49-45-39-28-24-20-16-12-8-4)65-85-72(77)59-55-51-47-43-40-36-31-27-23-19-15-11-7-3/h21,25,32-35,69-71,76H,5-20,22-24,26-31,36-68H2,1-4H3,(H,81,82)(H,83,84)/b25-21-,34-32-,35-33-. The van der Waals surface area contributed by atoms with Gasteiger partial charge in [0, 0.05) is 25.7 Å². The summed E-state index contributed by atoms with van der Waals surface area (Å²) in [5.41, 5.74) is 0. The molecule has 0 saturated heterocycles. The van der Waals surface area contributed by atoms with Crippen LogP contribution in [0, 0.1) is 0 Å². The fourth-order valence-corrected chi connectivity index (χ4v) is 12.3. The number of hydrogen-bond donors (Lipinski definition) is 3. The van der Waals surface area contributed by atoms with Crippen LogP contribution in [0.25, 0.3) is 0 Å². The van der Waals surface area contributed by atoms with Gasteiger partial charge in [0.25, 0.3) is 0 Å². The van der Waals surface area contributed by atoms with E-state index in [-0.39, 0.29) is 25.7 Å². The highest BCUT2D eigenvalue weighted by atomic mass is 31.2. The summed E-state index contributed by atoms with van der Waals surface area (Å²) < 4.78 is 68.4. The van der Waals surface area contributed by atoms with Crippen molar-refractivity contribution in [3.05, 3.63) is 36.5 Å². The maximum atomic E-state index is 13.1. The van der Waals surface area contributed by atoms with E-state index in [4.69, 9.17) is 37.0 Å². The van der Waals surface area contributed by atoms with Crippen LogP contribution in [-0.4, -0.2) is 96.7 Å². The Bertz CT molecular complexity index is 1930. The van der Waals surface area contributed by atoms with Gasteiger partial charge in [-0.15, -0.1) is 0 Å².